The lowest BCUT2D eigenvalue weighted by molar-refractivity contribution is 0.953. The summed E-state index contributed by atoms with van der Waals surface area (Å²) in [6.45, 7) is 0. The standard InChI is InChI=1S/C63H41N5/c1-5-20-42(21-6-1)46-28-19-29-47(38-46)62-64-61(45-26-11-4-12-27-45)65-63(66-62)68-56-35-18-15-32-53(56)60-58(68)37-36-57-59(60)52-31-14-17-34-55(52)67(57)54-33-16-13-30-51(54)50-40-48(43-22-7-2-8-23-43)39-49(41-50)44-24-9-3-10-25-44/h1-41H. The molecule has 0 atom stereocenters. The van der Waals surface area contributed by atoms with Gasteiger partial charge in [0.25, 0.3) is 0 Å². The van der Waals surface area contributed by atoms with Crippen molar-refractivity contribution < 1.29 is 0 Å². The molecule has 0 bridgehead atoms. The van der Waals surface area contributed by atoms with E-state index in [1.165, 1.54) is 33.0 Å². The van der Waals surface area contributed by atoms with Crippen molar-refractivity contribution in [1.82, 2.24) is 24.1 Å². The highest BCUT2D eigenvalue weighted by Gasteiger charge is 2.24. The van der Waals surface area contributed by atoms with Crippen LogP contribution in [-0.2, 0) is 0 Å². The molecule has 13 aromatic rings. The van der Waals surface area contributed by atoms with Crippen LogP contribution in [0.1, 0.15) is 0 Å². The first-order chi connectivity index (χ1) is 33.7. The molecule has 0 saturated heterocycles. The summed E-state index contributed by atoms with van der Waals surface area (Å²) in [6, 6.07) is 88.3. The number of benzene rings is 10. The average molecular weight is 868 g/mol. The zero-order valence-electron chi connectivity index (χ0n) is 36.9. The minimum Gasteiger partial charge on any atom is -0.309 e. The highest BCUT2D eigenvalue weighted by molar-refractivity contribution is 6.29. The molecule has 3 aromatic heterocycles. The molecule has 0 fully saturated rings. The summed E-state index contributed by atoms with van der Waals surface area (Å²) >= 11 is 0. The first kappa shape index (κ1) is 39.2. The molecular weight excluding hydrogens is 827 g/mol. The largest absolute Gasteiger partial charge is 0.309 e. The molecule has 0 N–H and O–H groups in total. The van der Waals surface area contributed by atoms with E-state index in [4.69, 9.17) is 15.0 Å². The van der Waals surface area contributed by atoms with Crippen LogP contribution in [0.15, 0.2) is 249 Å². The van der Waals surface area contributed by atoms with Gasteiger partial charge in [0.05, 0.1) is 27.8 Å². The van der Waals surface area contributed by atoms with Gasteiger partial charge in [0.15, 0.2) is 11.6 Å². The number of nitrogens with zero attached hydrogens (tertiary/aromatic N) is 5. The van der Waals surface area contributed by atoms with Gasteiger partial charge in [0, 0.05) is 38.2 Å². The average Bonchev–Trinajstić information content (AvgIpc) is 3.94. The maximum absolute atomic E-state index is 5.34. The quantitative estimate of drug-likeness (QED) is 0.153. The van der Waals surface area contributed by atoms with Crippen molar-refractivity contribution in [3.05, 3.63) is 249 Å². The zero-order valence-corrected chi connectivity index (χ0v) is 36.9. The Morgan fingerprint density at radius 1 is 0.250 bits per heavy atom. The highest BCUT2D eigenvalue weighted by Crippen LogP contribution is 2.44. The van der Waals surface area contributed by atoms with Gasteiger partial charge in [-0.1, -0.05) is 194 Å². The summed E-state index contributed by atoms with van der Waals surface area (Å²) in [5.74, 6) is 1.78. The van der Waals surface area contributed by atoms with Crippen LogP contribution in [0.25, 0.3) is 123 Å². The van der Waals surface area contributed by atoms with Gasteiger partial charge in [-0.05, 0) is 93.5 Å². The van der Waals surface area contributed by atoms with Crippen LogP contribution in [0.4, 0.5) is 0 Å². The van der Waals surface area contributed by atoms with Crippen molar-refractivity contribution in [2.45, 2.75) is 0 Å². The Bertz CT molecular complexity index is 3950. The van der Waals surface area contributed by atoms with Gasteiger partial charge in [0.2, 0.25) is 5.95 Å². The Morgan fingerprint density at radius 2 is 0.662 bits per heavy atom. The third-order valence-electron chi connectivity index (χ3n) is 13.2. The minimum atomic E-state index is 0.561. The number of para-hydroxylation sites is 3. The molecule has 0 spiro atoms. The lowest BCUT2D eigenvalue weighted by Gasteiger charge is -2.16. The van der Waals surface area contributed by atoms with Crippen molar-refractivity contribution in [2.75, 3.05) is 0 Å². The van der Waals surface area contributed by atoms with Crippen LogP contribution < -0.4 is 0 Å². The van der Waals surface area contributed by atoms with Crippen molar-refractivity contribution in [1.29, 1.82) is 0 Å². The van der Waals surface area contributed by atoms with Crippen LogP contribution >= 0.6 is 0 Å². The van der Waals surface area contributed by atoms with Gasteiger partial charge in [0.1, 0.15) is 0 Å². The monoisotopic (exact) mass is 867 g/mol. The van der Waals surface area contributed by atoms with E-state index in [0.717, 1.165) is 71.9 Å². The molecule has 0 aliphatic carbocycles. The van der Waals surface area contributed by atoms with Gasteiger partial charge < -0.3 is 4.57 Å². The molecule has 0 unspecified atom stereocenters. The van der Waals surface area contributed by atoms with Gasteiger partial charge >= 0.3 is 0 Å². The van der Waals surface area contributed by atoms with Gasteiger partial charge in [-0.2, -0.15) is 9.97 Å². The normalized spacial score (nSPS) is 11.5. The van der Waals surface area contributed by atoms with Crippen LogP contribution in [0, 0.1) is 0 Å². The Hall–Kier alpha value is -9.19. The first-order valence-corrected chi connectivity index (χ1v) is 23.0. The predicted octanol–water partition coefficient (Wildman–Crippen LogP) is 16.1. The molecule has 0 radical (unpaired) electrons. The molecule has 5 nitrogen and oxygen atoms in total. The van der Waals surface area contributed by atoms with Crippen LogP contribution in [0.3, 0.4) is 0 Å². The molecule has 0 aliphatic rings. The van der Waals surface area contributed by atoms with E-state index < -0.39 is 0 Å². The summed E-state index contributed by atoms with van der Waals surface area (Å²) in [5, 5.41) is 4.63. The third kappa shape index (κ3) is 6.68. The molecule has 5 heteroatoms. The molecule has 13 rings (SSSR count). The van der Waals surface area contributed by atoms with E-state index in [2.05, 4.69) is 234 Å². The summed E-state index contributed by atoms with van der Waals surface area (Å²) in [4.78, 5) is 15.8. The number of aromatic nitrogens is 5. The lowest BCUT2D eigenvalue weighted by atomic mass is 9.92. The van der Waals surface area contributed by atoms with Gasteiger partial charge in [-0.25, -0.2) is 4.98 Å². The van der Waals surface area contributed by atoms with E-state index in [9.17, 15) is 0 Å². The Kier molecular flexibility index (Phi) is 9.43. The first-order valence-electron chi connectivity index (χ1n) is 23.0. The molecule has 0 aliphatic heterocycles. The van der Waals surface area contributed by atoms with Gasteiger partial charge in [-0.3, -0.25) is 4.57 Å². The topological polar surface area (TPSA) is 48.5 Å². The fourth-order valence-corrected chi connectivity index (χ4v) is 10.1. The Balaban J connectivity index is 1.05. The number of hydrogen-bond donors (Lipinski definition) is 0. The van der Waals surface area contributed by atoms with Crippen LogP contribution in [0.2, 0.25) is 0 Å². The van der Waals surface area contributed by atoms with E-state index in [-0.39, 0.29) is 0 Å². The second-order valence-electron chi connectivity index (χ2n) is 17.2. The summed E-state index contributed by atoms with van der Waals surface area (Å²) < 4.78 is 4.68. The number of fused-ring (bicyclic) bond motifs is 7. The lowest BCUT2D eigenvalue weighted by Crippen LogP contribution is -2.06. The molecule has 3 heterocycles. The SMILES string of the molecule is c1ccc(-c2cccc(-c3nc(-c4ccccc4)nc(-n4c5ccccc5c5c6c7ccccc7n(-c7ccccc7-c7cc(-c8ccccc8)cc(-c8ccccc8)c7)c6ccc54)n3)c2)cc1. The zero-order chi connectivity index (χ0) is 45.0. The van der Waals surface area contributed by atoms with Crippen LogP contribution in [-0.4, -0.2) is 24.1 Å². The maximum Gasteiger partial charge on any atom is 0.238 e. The molecule has 68 heavy (non-hydrogen) atoms. The molecular formula is C63H41N5. The van der Waals surface area contributed by atoms with E-state index in [1.807, 2.05) is 24.3 Å². The van der Waals surface area contributed by atoms with Crippen molar-refractivity contribution in [2.24, 2.45) is 0 Å². The molecule has 318 valence electrons. The summed E-state index contributed by atoms with van der Waals surface area (Å²) in [5.41, 5.74) is 16.5. The predicted molar refractivity (Wildman–Crippen MR) is 281 cm³/mol. The maximum atomic E-state index is 5.34. The van der Waals surface area contributed by atoms with Crippen molar-refractivity contribution in [3.8, 4) is 78.9 Å². The number of hydrogen-bond acceptors (Lipinski definition) is 3. The smallest absolute Gasteiger partial charge is 0.238 e. The second-order valence-corrected chi connectivity index (χ2v) is 17.2. The minimum absolute atomic E-state index is 0.561. The highest BCUT2D eigenvalue weighted by atomic mass is 15.2. The Labute approximate surface area is 393 Å². The molecule has 0 amide bonds. The molecule has 0 saturated carbocycles. The van der Waals surface area contributed by atoms with Gasteiger partial charge in [-0.15, -0.1) is 0 Å². The van der Waals surface area contributed by atoms with E-state index >= 15 is 0 Å². The summed E-state index contributed by atoms with van der Waals surface area (Å²) in [6.07, 6.45) is 0. The third-order valence-corrected chi connectivity index (χ3v) is 13.2. The van der Waals surface area contributed by atoms with Crippen LogP contribution in [0.5, 0.6) is 0 Å². The van der Waals surface area contributed by atoms with E-state index in [0.29, 0.717) is 17.6 Å². The fourth-order valence-electron chi connectivity index (χ4n) is 10.1. The second kappa shape index (κ2) is 16.4. The van der Waals surface area contributed by atoms with Crippen molar-refractivity contribution >= 4 is 43.6 Å². The fraction of sp³-hybridized carbons (Fsp3) is 0. The summed E-state index contributed by atoms with van der Waals surface area (Å²) in [7, 11) is 0. The Morgan fingerprint density at radius 3 is 1.26 bits per heavy atom. The van der Waals surface area contributed by atoms with E-state index in [1.54, 1.807) is 0 Å². The number of rotatable bonds is 8. The molecule has 10 aromatic carbocycles. The van der Waals surface area contributed by atoms with Crippen molar-refractivity contribution in [3.63, 3.8) is 0 Å².